The first-order valence-corrected chi connectivity index (χ1v) is 8.28. The van der Waals surface area contributed by atoms with E-state index in [1.807, 2.05) is 42.5 Å². The summed E-state index contributed by atoms with van der Waals surface area (Å²) in [5, 5.41) is 4.31. The van der Waals surface area contributed by atoms with Crippen molar-refractivity contribution in [2.45, 2.75) is 33.1 Å². The molecule has 0 spiro atoms. The number of nitrogens with zero attached hydrogens (tertiary/aromatic N) is 2. The van der Waals surface area contributed by atoms with Crippen molar-refractivity contribution in [3.63, 3.8) is 0 Å². The average Bonchev–Trinajstić information content (AvgIpc) is 3.07. The molecule has 3 rings (SSSR count). The minimum absolute atomic E-state index is 0.0983. The van der Waals surface area contributed by atoms with E-state index in [-0.39, 0.29) is 5.78 Å². The molecule has 0 atom stereocenters. The second kappa shape index (κ2) is 6.83. The molecule has 0 aliphatic rings. The highest BCUT2D eigenvalue weighted by Gasteiger charge is 2.14. The topological polar surface area (TPSA) is 34.9 Å². The van der Waals surface area contributed by atoms with Crippen molar-refractivity contribution >= 4 is 5.78 Å². The van der Waals surface area contributed by atoms with E-state index in [1.165, 1.54) is 11.1 Å². The van der Waals surface area contributed by atoms with Crippen LogP contribution in [0.1, 0.15) is 46.8 Å². The summed E-state index contributed by atoms with van der Waals surface area (Å²) in [6.07, 6.45) is 3.86. The molecule has 0 aliphatic heterocycles. The lowest BCUT2D eigenvalue weighted by Crippen LogP contribution is -2.06. The number of rotatable bonds is 5. The van der Waals surface area contributed by atoms with Gasteiger partial charge in [0.25, 0.3) is 0 Å². The summed E-state index contributed by atoms with van der Waals surface area (Å²) in [7, 11) is 0. The Morgan fingerprint density at radius 3 is 2.54 bits per heavy atom. The maximum atomic E-state index is 12.6. The highest BCUT2D eigenvalue weighted by atomic mass is 16.1. The van der Waals surface area contributed by atoms with Crippen molar-refractivity contribution in [1.82, 2.24) is 9.78 Å². The maximum absolute atomic E-state index is 12.6. The summed E-state index contributed by atoms with van der Waals surface area (Å²) in [5.74, 6) is 0.557. The van der Waals surface area contributed by atoms with Gasteiger partial charge < -0.3 is 0 Å². The van der Waals surface area contributed by atoms with Crippen LogP contribution in [-0.2, 0) is 6.42 Å². The Balaban J connectivity index is 1.82. The first kappa shape index (κ1) is 16.2. The third kappa shape index (κ3) is 3.30. The number of benzene rings is 2. The van der Waals surface area contributed by atoms with Crippen molar-refractivity contribution < 1.29 is 4.79 Å². The summed E-state index contributed by atoms with van der Waals surface area (Å²) >= 11 is 0. The van der Waals surface area contributed by atoms with E-state index in [1.54, 1.807) is 17.1 Å². The maximum Gasteiger partial charge on any atom is 0.170 e. The normalized spacial score (nSPS) is 11.0. The minimum atomic E-state index is 0.0983. The number of Topliss-reactive ketones (excluding diaryl/α,β-unsaturated/α-hetero) is 1. The van der Waals surface area contributed by atoms with Gasteiger partial charge in [-0.2, -0.15) is 5.10 Å². The molecular weight excluding hydrogens is 296 g/mol. The number of ketones is 1. The quantitative estimate of drug-likeness (QED) is 0.637. The molecule has 2 aromatic carbocycles. The number of carbonyl (C=O) groups is 1. The lowest BCUT2D eigenvalue weighted by Gasteiger charge is -2.13. The average molecular weight is 318 g/mol. The van der Waals surface area contributed by atoms with E-state index in [9.17, 15) is 4.79 Å². The van der Waals surface area contributed by atoms with E-state index in [0.717, 1.165) is 11.3 Å². The summed E-state index contributed by atoms with van der Waals surface area (Å²) in [6.45, 7) is 6.46. The van der Waals surface area contributed by atoms with Crippen molar-refractivity contribution in [3.8, 4) is 5.69 Å². The zero-order valence-corrected chi connectivity index (χ0v) is 14.4. The van der Waals surface area contributed by atoms with Crippen LogP contribution in [0.3, 0.4) is 0 Å². The zero-order chi connectivity index (χ0) is 17.1. The van der Waals surface area contributed by atoms with Gasteiger partial charge in [-0.15, -0.1) is 0 Å². The summed E-state index contributed by atoms with van der Waals surface area (Å²) in [4.78, 5) is 12.6. The first-order valence-electron chi connectivity index (χ1n) is 8.28. The predicted octanol–water partition coefficient (Wildman–Crippen LogP) is 4.73. The zero-order valence-electron chi connectivity index (χ0n) is 14.4. The molecule has 3 heteroatoms. The Kier molecular flexibility index (Phi) is 4.61. The fourth-order valence-corrected chi connectivity index (χ4v) is 2.98. The Bertz CT molecular complexity index is 847. The lowest BCUT2D eigenvalue weighted by molar-refractivity contribution is 0.0992. The van der Waals surface area contributed by atoms with Crippen LogP contribution in [0.25, 0.3) is 5.69 Å². The molecule has 0 aliphatic carbocycles. The first-order chi connectivity index (χ1) is 11.6. The number of para-hydroxylation sites is 1. The van der Waals surface area contributed by atoms with Crippen LogP contribution < -0.4 is 0 Å². The molecule has 0 N–H and O–H groups in total. The van der Waals surface area contributed by atoms with E-state index in [2.05, 4.69) is 31.9 Å². The van der Waals surface area contributed by atoms with Gasteiger partial charge in [-0.3, -0.25) is 4.79 Å². The molecule has 0 unspecified atom stereocenters. The lowest BCUT2D eigenvalue weighted by atomic mass is 9.92. The smallest absolute Gasteiger partial charge is 0.170 e. The van der Waals surface area contributed by atoms with Crippen LogP contribution in [0, 0.1) is 6.92 Å². The number of hydrogen-bond acceptors (Lipinski definition) is 2. The van der Waals surface area contributed by atoms with Gasteiger partial charge in [0, 0.05) is 12.6 Å². The van der Waals surface area contributed by atoms with Crippen molar-refractivity contribution in [2.75, 3.05) is 0 Å². The van der Waals surface area contributed by atoms with Crippen LogP contribution in [0.2, 0.25) is 0 Å². The number of carbonyl (C=O) groups excluding carboxylic acids is 1. The van der Waals surface area contributed by atoms with Gasteiger partial charge in [0.05, 0.1) is 17.4 Å². The molecule has 0 radical (unpaired) electrons. The van der Waals surface area contributed by atoms with E-state index >= 15 is 0 Å². The molecule has 3 nitrogen and oxygen atoms in total. The Hall–Kier alpha value is -2.68. The summed E-state index contributed by atoms with van der Waals surface area (Å²) in [5.41, 5.74) is 5.22. The number of hydrogen-bond donors (Lipinski definition) is 0. The van der Waals surface area contributed by atoms with Crippen molar-refractivity contribution in [2.24, 2.45) is 0 Å². The van der Waals surface area contributed by atoms with E-state index < -0.39 is 0 Å². The monoisotopic (exact) mass is 318 g/mol. The summed E-state index contributed by atoms with van der Waals surface area (Å²) in [6, 6.07) is 16.0. The van der Waals surface area contributed by atoms with Crippen LogP contribution in [0.15, 0.2) is 60.9 Å². The second-order valence-electron chi connectivity index (χ2n) is 6.40. The van der Waals surface area contributed by atoms with E-state index in [0.29, 0.717) is 17.9 Å². The van der Waals surface area contributed by atoms with E-state index in [4.69, 9.17) is 0 Å². The molecule has 3 aromatic rings. The molecule has 1 heterocycles. The van der Waals surface area contributed by atoms with Crippen LogP contribution >= 0.6 is 0 Å². The molecule has 0 saturated carbocycles. The third-order valence-electron chi connectivity index (χ3n) is 4.39. The molecule has 0 bridgehead atoms. The molecule has 24 heavy (non-hydrogen) atoms. The van der Waals surface area contributed by atoms with Gasteiger partial charge in [0.2, 0.25) is 0 Å². The molecule has 0 fully saturated rings. The Labute approximate surface area is 143 Å². The van der Waals surface area contributed by atoms with Gasteiger partial charge in [0.15, 0.2) is 5.78 Å². The van der Waals surface area contributed by atoms with Crippen molar-refractivity contribution in [1.29, 1.82) is 0 Å². The van der Waals surface area contributed by atoms with Gasteiger partial charge >= 0.3 is 0 Å². The van der Waals surface area contributed by atoms with Crippen LogP contribution in [-0.4, -0.2) is 15.6 Å². The summed E-state index contributed by atoms with van der Waals surface area (Å²) < 4.78 is 1.74. The molecular formula is C21H22N2O. The van der Waals surface area contributed by atoms with Crippen LogP contribution in [0.4, 0.5) is 0 Å². The molecule has 0 saturated heterocycles. The van der Waals surface area contributed by atoms with Gasteiger partial charge in [-0.25, -0.2) is 4.68 Å². The second-order valence-corrected chi connectivity index (χ2v) is 6.40. The molecule has 0 amide bonds. The highest BCUT2D eigenvalue weighted by Crippen LogP contribution is 2.23. The van der Waals surface area contributed by atoms with Gasteiger partial charge in [-0.1, -0.05) is 50.2 Å². The molecule has 1 aromatic heterocycles. The molecule has 122 valence electrons. The minimum Gasteiger partial charge on any atom is -0.294 e. The Morgan fingerprint density at radius 1 is 1.08 bits per heavy atom. The third-order valence-corrected chi connectivity index (χ3v) is 4.39. The largest absolute Gasteiger partial charge is 0.294 e. The van der Waals surface area contributed by atoms with Gasteiger partial charge in [0.1, 0.15) is 0 Å². The highest BCUT2D eigenvalue weighted by molar-refractivity contribution is 5.97. The Morgan fingerprint density at radius 2 is 1.83 bits per heavy atom. The standard InChI is InChI=1S/C21H22N2O/c1-15(2)20-11-7-8-17(16(20)3)12-21(24)18-13-22-23(14-18)19-9-5-4-6-10-19/h4-11,13-15H,12H2,1-3H3. The van der Waals surface area contributed by atoms with Crippen LogP contribution in [0.5, 0.6) is 0 Å². The van der Waals surface area contributed by atoms with Gasteiger partial charge in [-0.05, 0) is 41.7 Å². The fraction of sp³-hybridized carbons (Fsp3) is 0.238. The number of aromatic nitrogens is 2. The SMILES string of the molecule is Cc1c(CC(=O)c2cnn(-c3ccccc3)c2)cccc1C(C)C. The fourth-order valence-electron chi connectivity index (χ4n) is 2.98. The van der Waals surface area contributed by atoms with Crippen molar-refractivity contribution in [3.05, 3.63) is 83.2 Å². The predicted molar refractivity (Wildman–Crippen MR) is 96.9 cm³/mol.